The molecule has 1 saturated heterocycles. The molecule has 1 saturated carbocycles. The first-order valence-corrected chi connectivity index (χ1v) is 11.3. The minimum atomic E-state index is -0.647. The van der Waals surface area contributed by atoms with Crippen LogP contribution in [0.15, 0.2) is 47.4 Å². The van der Waals surface area contributed by atoms with Gasteiger partial charge in [-0.3, -0.25) is 9.59 Å². The van der Waals surface area contributed by atoms with Crippen molar-refractivity contribution >= 4 is 28.9 Å². The van der Waals surface area contributed by atoms with Crippen LogP contribution in [0.5, 0.6) is 0 Å². The lowest BCUT2D eigenvalue weighted by atomic mass is 9.79. The minimum absolute atomic E-state index is 0.0360. The summed E-state index contributed by atoms with van der Waals surface area (Å²) in [6.45, 7) is 6.06. The molecule has 0 aromatic heterocycles. The summed E-state index contributed by atoms with van der Waals surface area (Å²) in [5.41, 5.74) is 6.27. The van der Waals surface area contributed by atoms with Gasteiger partial charge in [-0.15, -0.1) is 11.8 Å². The van der Waals surface area contributed by atoms with E-state index in [1.165, 1.54) is 4.90 Å². The molecule has 1 aliphatic carbocycles. The van der Waals surface area contributed by atoms with E-state index in [0.717, 1.165) is 33.4 Å². The van der Waals surface area contributed by atoms with Crippen LogP contribution in [0.4, 0.5) is 0 Å². The lowest BCUT2D eigenvalue weighted by Crippen LogP contribution is -2.28. The highest BCUT2D eigenvalue weighted by atomic mass is 32.2. The highest BCUT2D eigenvalue weighted by Crippen LogP contribution is 2.54. The number of carbonyl (C=O) groups is 2. The quantitative estimate of drug-likeness (QED) is 0.551. The number of thioether (sulfide) groups is 1. The Morgan fingerprint density at radius 3 is 2.14 bits per heavy atom. The molecule has 4 heteroatoms. The van der Waals surface area contributed by atoms with E-state index in [2.05, 4.69) is 48.7 Å². The number of rotatable bonds is 3. The first-order valence-electron chi connectivity index (χ1n) is 10.1. The summed E-state index contributed by atoms with van der Waals surface area (Å²) in [7, 11) is 0. The maximum absolute atomic E-state index is 13.5. The molecule has 3 nitrogen and oxygen atoms in total. The number of ketones is 2. The second-order valence-electron chi connectivity index (χ2n) is 8.47. The molecule has 0 amide bonds. The molecule has 2 aromatic rings. The van der Waals surface area contributed by atoms with Crippen molar-refractivity contribution in [2.75, 3.05) is 6.26 Å². The number of benzene rings is 2. The molecule has 5 atom stereocenters. The Balaban J connectivity index is 1.51. The maximum atomic E-state index is 13.5. The van der Waals surface area contributed by atoms with Crippen LogP contribution in [0.25, 0.3) is 5.57 Å². The van der Waals surface area contributed by atoms with Gasteiger partial charge in [0, 0.05) is 4.90 Å². The summed E-state index contributed by atoms with van der Waals surface area (Å²) in [4.78, 5) is 28.1. The van der Waals surface area contributed by atoms with E-state index < -0.39 is 5.92 Å². The van der Waals surface area contributed by atoms with E-state index in [9.17, 15) is 9.59 Å². The van der Waals surface area contributed by atoms with Crippen molar-refractivity contribution in [1.29, 1.82) is 0 Å². The normalized spacial score (nSPS) is 30.1. The lowest BCUT2D eigenvalue weighted by Gasteiger charge is -2.20. The number of hydrogen-bond acceptors (Lipinski definition) is 4. The topological polar surface area (TPSA) is 43.4 Å². The highest BCUT2D eigenvalue weighted by molar-refractivity contribution is 7.98. The van der Waals surface area contributed by atoms with Gasteiger partial charge in [0.25, 0.3) is 0 Å². The molecule has 0 radical (unpaired) electrons. The largest absolute Gasteiger partial charge is 0.365 e. The van der Waals surface area contributed by atoms with Crippen LogP contribution in [0.2, 0.25) is 0 Å². The van der Waals surface area contributed by atoms with Crippen molar-refractivity contribution in [3.05, 3.63) is 70.3 Å². The molecule has 1 unspecified atom stereocenters. The summed E-state index contributed by atoms with van der Waals surface area (Å²) < 4.78 is 6.13. The standard InChI is InChI=1S/C25H24O3S/c1-12-9-13(2)19(14(3)10-12)21-23(26)20-18-11-17(25(28-18)22(20)24(21)27)15-5-7-16(29-4)8-6-15/h5-11,18,20-22,25H,1-4H3/t18-,20-,21?,22+,25+/m0/s1. The SMILES string of the molecule is CSc1ccc(C2=C[C@@H]3O[C@H]2[C@H]2C(=O)C(c4c(C)cc(C)cc4C)C(=O)[C@H]23)cc1. The Morgan fingerprint density at radius 2 is 1.52 bits per heavy atom. The third kappa shape index (κ3) is 2.69. The van der Waals surface area contributed by atoms with Gasteiger partial charge < -0.3 is 4.74 Å². The smallest absolute Gasteiger partial charge is 0.154 e. The zero-order chi connectivity index (χ0) is 20.4. The zero-order valence-electron chi connectivity index (χ0n) is 17.1. The van der Waals surface area contributed by atoms with Gasteiger partial charge in [-0.25, -0.2) is 0 Å². The van der Waals surface area contributed by atoms with Crippen LogP contribution in [0.1, 0.15) is 33.7 Å². The molecule has 2 heterocycles. The van der Waals surface area contributed by atoms with Gasteiger partial charge >= 0.3 is 0 Å². The molecule has 0 spiro atoms. The Morgan fingerprint density at radius 1 is 0.897 bits per heavy atom. The average molecular weight is 405 g/mol. The van der Waals surface area contributed by atoms with Gasteiger partial charge in [-0.1, -0.05) is 29.8 Å². The van der Waals surface area contributed by atoms with Gasteiger partial charge in [-0.05, 0) is 73.1 Å². The minimum Gasteiger partial charge on any atom is -0.365 e. The molecule has 5 rings (SSSR count). The van der Waals surface area contributed by atoms with Crippen LogP contribution in [0.3, 0.4) is 0 Å². The molecule has 2 aromatic carbocycles. The first-order chi connectivity index (χ1) is 13.9. The number of aryl methyl sites for hydroxylation is 3. The fraction of sp³-hybridized carbons (Fsp3) is 0.360. The molecule has 3 aliphatic rings. The van der Waals surface area contributed by atoms with E-state index in [1.807, 2.05) is 20.8 Å². The number of fused-ring (bicyclic) bond motifs is 5. The van der Waals surface area contributed by atoms with Crippen LogP contribution in [-0.2, 0) is 14.3 Å². The fourth-order valence-corrected chi connectivity index (χ4v) is 5.99. The zero-order valence-corrected chi connectivity index (χ0v) is 17.9. The van der Waals surface area contributed by atoms with Crippen molar-refractivity contribution in [3.63, 3.8) is 0 Å². The average Bonchev–Trinajstić information content (AvgIpc) is 3.34. The maximum Gasteiger partial charge on any atom is 0.154 e. The summed E-state index contributed by atoms with van der Waals surface area (Å²) >= 11 is 1.70. The predicted octanol–water partition coefficient (Wildman–Crippen LogP) is 4.67. The molecule has 2 aliphatic heterocycles. The molecule has 2 fully saturated rings. The van der Waals surface area contributed by atoms with E-state index in [-0.39, 0.29) is 35.6 Å². The van der Waals surface area contributed by atoms with E-state index in [1.54, 1.807) is 11.8 Å². The lowest BCUT2D eigenvalue weighted by molar-refractivity contribution is -0.127. The summed E-state index contributed by atoms with van der Waals surface area (Å²) in [6.07, 6.45) is 3.53. The fourth-order valence-electron chi connectivity index (χ4n) is 5.58. The molecule has 29 heavy (non-hydrogen) atoms. The van der Waals surface area contributed by atoms with Crippen molar-refractivity contribution in [3.8, 4) is 0 Å². The number of carbonyl (C=O) groups excluding carboxylic acids is 2. The van der Waals surface area contributed by atoms with Crippen LogP contribution in [-0.4, -0.2) is 30.0 Å². The number of Topliss-reactive ketones (excluding diaryl/α,β-unsaturated/α-hetero) is 2. The summed E-state index contributed by atoms with van der Waals surface area (Å²) in [5, 5.41) is 0. The Hall–Kier alpha value is -2.17. The first kappa shape index (κ1) is 18.8. The van der Waals surface area contributed by atoms with Gasteiger partial charge in [0.05, 0.1) is 24.0 Å². The van der Waals surface area contributed by atoms with Crippen molar-refractivity contribution in [2.45, 2.75) is 43.8 Å². The second-order valence-corrected chi connectivity index (χ2v) is 9.35. The third-order valence-electron chi connectivity index (χ3n) is 6.70. The molecule has 2 bridgehead atoms. The van der Waals surface area contributed by atoms with E-state index in [4.69, 9.17) is 4.74 Å². The van der Waals surface area contributed by atoms with E-state index in [0.29, 0.717) is 0 Å². The van der Waals surface area contributed by atoms with Crippen LogP contribution >= 0.6 is 11.8 Å². The monoisotopic (exact) mass is 404 g/mol. The molecular formula is C25H24O3S. The summed E-state index contributed by atoms with van der Waals surface area (Å²) in [5.74, 6) is -1.28. The predicted molar refractivity (Wildman–Crippen MR) is 115 cm³/mol. The van der Waals surface area contributed by atoms with Gasteiger partial charge in [-0.2, -0.15) is 0 Å². The molecule has 148 valence electrons. The van der Waals surface area contributed by atoms with Crippen molar-refractivity contribution < 1.29 is 14.3 Å². The highest BCUT2D eigenvalue weighted by Gasteiger charge is 2.63. The summed E-state index contributed by atoms with van der Waals surface area (Å²) in [6, 6.07) is 12.5. The van der Waals surface area contributed by atoms with Crippen LogP contribution < -0.4 is 0 Å². The van der Waals surface area contributed by atoms with Gasteiger partial charge in [0.15, 0.2) is 11.6 Å². The van der Waals surface area contributed by atoms with Gasteiger partial charge in [0.1, 0.15) is 5.92 Å². The van der Waals surface area contributed by atoms with E-state index >= 15 is 0 Å². The Labute approximate surface area is 175 Å². The molecular weight excluding hydrogens is 380 g/mol. The Kier molecular flexibility index (Phi) is 4.34. The Bertz CT molecular complexity index is 1040. The molecule has 0 N–H and O–H groups in total. The third-order valence-corrected chi connectivity index (χ3v) is 7.44. The van der Waals surface area contributed by atoms with Gasteiger partial charge in [0.2, 0.25) is 0 Å². The van der Waals surface area contributed by atoms with Crippen molar-refractivity contribution in [2.24, 2.45) is 11.8 Å². The second kappa shape index (κ2) is 6.68. The van der Waals surface area contributed by atoms with Crippen LogP contribution in [0, 0.1) is 32.6 Å². The van der Waals surface area contributed by atoms with Crippen molar-refractivity contribution in [1.82, 2.24) is 0 Å². The number of hydrogen-bond donors (Lipinski definition) is 0. The number of ether oxygens (including phenoxy) is 1.